The minimum Gasteiger partial charge on any atom is -0.366 e. The Labute approximate surface area is 150 Å². The standard InChI is InChI=1S/C16H14FN7OS/c1-7-10(8(2)24-15(19-7)22-14(18)23-24)6-13(25)21-16-20-11-4-3-9(17)5-12(11)26-16/h3-5H,6H2,1-2H3,(H2,18,23)(H,20,21,25). The van der Waals surface area contributed by atoms with Gasteiger partial charge in [0.25, 0.3) is 5.78 Å². The summed E-state index contributed by atoms with van der Waals surface area (Å²) in [5, 5.41) is 7.26. The lowest BCUT2D eigenvalue weighted by atomic mass is 10.1. The molecule has 3 aromatic heterocycles. The molecule has 0 unspecified atom stereocenters. The summed E-state index contributed by atoms with van der Waals surface area (Å²) in [6.07, 6.45) is 0.102. The lowest BCUT2D eigenvalue weighted by Crippen LogP contribution is -2.17. The first-order valence-corrected chi connectivity index (χ1v) is 8.56. The van der Waals surface area contributed by atoms with Crippen LogP contribution in [-0.4, -0.2) is 30.5 Å². The van der Waals surface area contributed by atoms with Crippen LogP contribution in [0.3, 0.4) is 0 Å². The van der Waals surface area contributed by atoms with Crippen LogP contribution in [0.25, 0.3) is 16.0 Å². The van der Waals surface area contributed by atoms with Gasteiger partial charge in [-0.25, -0.2) is 14.4 Å². The molecular formula is C16H14FN7OS. The summed E-state index contributed by atoms with van der Waals surface area (Å²) in [5.74, 6) is -0.0557. The molecule has 0 aliphatic heterocycles. The van der Waals surface area contributed by atoms with E-state index in [0.717, 1.165) is 11.3 Å². The third-order valence-corrected chi connectivity index (χ3v) is 4.93. The van der Waals surface area contributed by atoms with Crippen molar-refractivity contribution in [2.24, 2.45) is 0 Å². The van der Waals surface area contributed by atoms with Crippen molar-refractivity contribution in [2.75, 3.05) is 11.1 Å². The number of halogens is 1. The van der Waals surface area contributed by atoms with Gasteiger partial charge in [-0.2, -0.15) is 9.50 Å². The van der Waals surface area contributed by atoms with Crippen LogP contribution in [0.2, 0.25) is 0 Å². The van der Waals surface area contributed by atoms with Gasteiger partial charge in [0.15, 0.2) is 5.13 Å². The van der Waals surface area contributed by atoms with Crippen LogP contribution in [0.15, 0.2) is 18.2 Å². The Morgan fingerprint density at radius 1 is 1.31 bits per heavy atom. The van der Waals surface area contributed by atoms with Crippen LogP contribution >= 0.6 is 11.3 Å². The molecule has 4 rings (SSSR count). The van der Waals surface area contributed by atoms with Crippen LogP contribution < -0.4 is 11.1 Å². The molecule has 3 heterocycles. The lowest BCUT2D eigenvalue weighted by Gasteiger charge is -2.09. The van der Waals surface area contributed by atoms with E-state index in [2.05, 4.69) is 25.4 Å². The van der Waals surface area contributed by atoms with Gasteiger partial charge in [-0.1, -0.05) is 11.3 Å². The highest BCUT2D eigenvalue weighted by molar-refractivity contribution is 7.22. The first-order chi connectivity index (χ1) is 12.4. The first-order valence-electron chi connectivity index (χ1n) is 7.75. The molecule has 4 aromatic rings. The highest BCUT2D eigenvalue weighted by Crippen LogP contribution is 2.26. The zero-order valence-corrected chi connectivity index (χ0v) is 14.8. The van der Waals surface area contributed by atoms with Crippen molar-refractivity contribution in [3.63, 3.8) is 0 Å². The van der Waals surface area contributed by atoms with E-state index in [1.165, 1.54) is 28.0 Å². The Hall–Kier alpha value is -3.14. The molecule has 1 aromatic carbocycles. The quantitative estimate of drug-likeness (QED) is 0.571. The summed E-state index contributed by atoms with van der Waals surface area (Å²) in [6.45, 7) is 3.64. The number of carbonyl (C=O) groups excluding carboxylic acids is 1. The molecule has 0 radical (unpaired) electrons. The van der Waals surface area contributed by atoms with Crippen LogP contribution in [-0.2, 0) is 11.2 Å². The maximum atomic E-state index is 13.3. The normalized spacial score (nSPS) is 11.3. The molecular weight excluding hydrogens is 357 g/mol. The molecule has 26 heavy (non-hydrogen) atoms. The van der Waals surface area contributed by atoms with Gasteiger partial charge in [0, 0.05) is 17.0 Å². The number of amides is 1. The van der Waals surface area contributed by atoms with Gasteiger partial charge in [-0.3, -0.25) is 4.79 Å². The lowest BCUT2D eigenvalue weighted by molar-refractivity contribution is -0.115. The van der Waals surface area contributed by atoms with E-state index in [9.17, 15) is 9.18 Å². The largest absolute Gasteiger partial charge is 0.366 e. The number of fused-ring (bicyclic) bond motifs is 2. The van der Waals surface area contributed by atoms with Crippen molar-refractivity contribution in [2.45, 2.75) is 20.3 Å². The summed E-state index contributed by atoms with van der Waals surface area (Å²) < 4.78 is 15.5. The Bertz CT molecular complexity index is 1170. The molecule has 0 aliphatic carbocycles. The molecule has 3 N–H and O–H groups in total. The second-order valence-corrected chi connectivity index (χ2v) is 6.83. The fourth-order valence-electron chi connectivity index (χ4n) is 2.76. The number of carbonyl (C=O) groups is 1. The number of nitrogens with two attached hydrogens (primary N) is 1. The van der Waals surface area contributed by atoms with E-state index in [1.54, 1.807) is 13.0 Å². The van der Waals surface area contributed by atoms with Gasteiger partial charge in [-0.15, -0.1) is 5.10 Å². The maximum Gasteiger partial charge on any atom is 0.254 e. The van der Waals surface area contributed by atoms with Gasteiger partial charge in [0.2, 0.25) is 11.9 Å². The minimum atomic E-state index is -0.336. The van der Waals surface area contributed by atoms with E-state index in [0.29, 0.717) is 26.8 Å². The summed E-state index contributed by atoms with van der Waals surface area (Å²) in [7, 11) is 0. The second kappa shape index (κ2) is 5.99. The van der Waals surface area contributed by atoms with Crippen molar-refractivity contribution in [1.82, 2.24) is 24.6 Å². The fraction of sp³-hybridized carbons (Fsp3) is 0.188. The topological polar surface area (TPSA) is 111 Å². The second-order valence-electron chi connectivity index (χ2n) is 5.80. The number of hydrogen-bond donors (Lipinski definition) is 2. The predicted octanol–water partition coefficient (Wildman–Crippen LogP) is 2.25. The third-order valence-electron chi connectivity index (χ3n) is 4.00. The monoisotopic (exact) mass is 371 g/mol. The zero-order valence-electron chi connectivity index (χ0n) is 13.9. The molecule has 8 nitrogen and oxygen atoms in total. The maximum absolute atomic E-state index is 13.3. The number of anilines is 2. The molecule has 0 fully saturated rings. The van der Waals surface area contributed by atoms with Crippen molar-refractivity contribution in [3.8, 4) is 0 Å². The van der Waals surface area contributed by atoms with Crippen molar-refractivity contribution >= 4 is 44.3 Å². The number of rotatable bonds is 3. The van der Waals surface area contributed by atoms with Crippen molar-refractivity contribution < 1.29 is 9.18 Å². The average molecular weight is 371 g/mol. The number of benzene rings is 1. The predicted molar refractivity (Wildman–Crippen MR) is 96.6 cm³/mol. The Balaban J connectivity index is 1.60. The number of nitrogens with zero attached hydrogens (tertiary/aromatic N) is 5. The molecule has 0 atom stereocenters. The van der Waals surface area contributed by atoms with E-state index in [-0.39, 0.29) is 24.1 Å². The van der Waals surface area contributed by atoms with Crippen LogP contribution in [0.1, 0.15) is 17.0 Å². The van der Waals surface area contributed by atoms with Crippen molar-refractivity contribution in [1.29, 1.82) is 0 Å². The van der Waals surface area contributed by atoms with E-state index in [4.69, 9.17) is 5.73 Å². The van der Waals surface area contributed by atoms with Crippen LogP contribution in [0, 0.1) is 19.7 Å². The fourth-order valence-corrected chi connectivity index (χ4v) is 3.66. The number of aromatic nitrogens is 5. The van der Waals surface area contributed by atoms with Gasteiger partial charge in [0.1, 0.15) is 5.82 Å². The Morgan fingerprint density at radius 2 is 2.12 bits per heavy atom. The summed E-state index contributed by atoms with van der Waals surface area (Å²) in [6, 6.07) is 4.31. The highest BCUT2D eigenvalue weighted by Gasteiger charge is 2.16. The van der Waals surface area contributed by atoms with E-state index in [1.807, 2.05) is 6.92 Å². The SMILES string of the molecule is Cc1nc2nc(N)nn2c(C)c1CC(=O)Nc1nc2ccc(F)cc2s1. The van der Waals surface area contributed by atoms with Gasteiger partial charge < -0.3 is 11.1 Å². The molecule has 10 heteroatoms. The Kier molecular flexibility index (Phi) is 3.76. The summed E-state index contributed by atoms with van der Waals surface area (Å²) in [4.78, 5) is 25.1. The summed E-state index contributed by atoms with van der Waals surface area (Å²) in [5.41, 5.74) is 8.43. The summed E-state index contributed by atoms with van der Waals surface area (Å²) >= 11 is 1.22. The molecule has 1 amide bonds. The van der Waals surface area contributed by atoms with Crippen LogP contribution in [0.4, 0.5) is 15.5 Å². The van der Waals surface area contributed by atoms with Gasteiger partial charge >= 0.3 is 0 Å². The number of aryl methyl sites for hydroxylation is 2. The van der Waals surface area contributed by atoms with Crippen LogP contribution in [0.5, 0.6) is 0 Å². The zero-order chi connectivity index (χ0) is 18.4. The smallest absolute Gasteiger partial charge is 0.254 e. The molecule has 0 saturated carbocycles. The number of thiazole rings is 1. The molecule has 0 aliphatic rings. The molecule has 132 valence electrons. The molecule has 0 bridgehead atoms. The molecule has 0 spiro atoms. The third kappa shape index (κ3) is 2.84. The minimum absolute atomic E-state index is 0.102. The van der Waals surface area contributed by atoms with E-state index < -0.39 is 0 Å². The van der Waals surface area contributed by atoms with E-state index >= 15 is 0 Å². The molecule has 0 saturated heterocycles. The number of hydrogen-bond acceptors (Lipinski definition) is 7. The Morgan fingerprint density at radius 3 is 2.92 bits per heavy atom. The number of nitrogen functional groups attached to an aromatic ring is 1. The highest BCUT2D eigenvalue weighted by atomic mass is 32.1. The van der Waals surface area contributed by atoms with Gasteiger partial charge in [0.05, 0.1) is 16.6 Å². The van der Waals surface area contributed by atoms with Crippen molar-refractivity contribution in [3.05, 3.63) is 41.0 Å². The average Bonchev–Trinajstić information content (AvgIpc) is 3.13. The van der Waals surface area contributed by atoms with Gasteiger partial charge in [-0.05, 0) is 32.0 Å². The first kappa shape index (κ1) is 16.3. The number of nitrogens with one attached hydrogen (secondary N) is 1.